The third-order valence-corrected chi connectivity index (χ3v) is 5.52. The second-order valence-electron chi connectivity index (χ2n) is 6.81. The van der Waals surface area contributed by atoms with Gasteiger partial charge in [0.1, 0.15) is 5.75 Å². The molecule has 0 radical (unpaired) electrons. The topological polar surface area (TPSA) is 53.6 Å². The van der Waals surface area contributed by atoms with E-state index in [1.165, 1.54) is 5.56 Å². The van der Waals surface area contributed by atoms with Crippen LogP contribution in [0.4, 0.5) is 0 Å². The van der Waals surface area contributed by atoms with Gasteiger partial charge < -0.3 is 10.1 Å². The average Bonchev–Trinajstić information content (AvgIpc) is 2.70. The van der Waals surface area contributed by atoms with Gasteiger partial charge in [0.05, 0.1) is 12.7 Å². The monoisotopic (exact) mass is 461 g/mol. The molecule has 1 aliphatic rings. The minimum absolute atomic E-state index is 0.268. The molecule has 0 bridgehead atoms. The van der Waals surface area contributed by atoms with Gasteiger partial charge in [-0.2, -0.15) is 0 Å². The highest BCUT2D eigenvalue weighted by Crippen LogP contribution is 2.22. The fraction of sp³-hybridized carbons (Fsp3) is 0.333. The van der Waals surface area contributed by atoms with Crippen LogP contribution in [0, 0.1) is 0 Å². The maximum Gasteiger partial charge on any atom is 0.261 e. The summed E-state index contributed by atoms with van der Waals surface area (Å²) in [5, 5.41) is 6.39. The Labute approximate surface area is 179 Å². The zero-order valence-corrected chi connectivity index (χ0v) is 18.2. The van der Waals surface area contributed by atoms with E-state index in [4.69, 9.17) is 17.0 Å². The van der Waals surface area contributed by atoms with E-state index in [1.807, 2.05) is 12.1 Å². The van der Waals surface area contributed by atoms with Crippen molar-refractivity contribution in [1.82, 2.24) is 15.5 Å². The van der Waals surface area contributed by atoms with Crippen molar-refractivity contribution in [2.45, 2.75) is 25.4 Å². The minimum atomic E-state index is -0.280. The molecule has 148 valence electrons. The number of benzene rings is 2. The van der Waals surface area contributed by atoms with Crippen LogP contribution in [0.25, 0.3) is 0 Å². The smallest absolute Gasteiger partial charge is 0.261 e. The van der Waals surface area contributed by atoms with Crippen LogP contribution in [0.1, 0.15) is 28.8 Å². The van der Waals surface area contributed by atoms with Gasteiger partial charge in [0, 0.05) is 30.1 Å². The molecule has 7 heteroatoms. The number of halogens is 1. The summed E-state index contributed by atoms with van der Waals surface area (Å²) >= 11 is 8.73. The van der Waals surface area contributed by atoms with Gasteiger partial charge in [0.2, 0.25) is 0 Å². The number of carbonyl (C=O) groups excluding carboxylic acids is 1. The molecule has 28 heavy (non-hydrogen) atoms. The van der Waals surface area contributed by atoms with Gasteiger partial charge in [-0.05, 0) is 48.8 Å². The first kappa shape index (κ1) is 20.8. The van der Waals surface area contributed by atoms with Crippen LogP contribution in [0.2, 0.25) is 0 Å². The Hall–Kier alpha value is -1.96. The quantitative estimate of drug-likeness (QED) is 0.664. The molecule has 0 saturated carbocycles. The Bertz CT molecular complexity index is 824. The average molecular weight is 462 g/mol. The van der Waals surface area contributed by atoms with Crippen LogP contribution in [0.15, 0.2) is 53.0 Å². The lowest BCUT2D eigenvalue weighted by atomic mass is 10.0. The van der Waals surface area contributed by atoms with E-state index in [1.54, 1.807) is 19.2 Å². The summed E-state index contributed by atoms with van der Waals surface area (Å²) in [5.41, 5.74) is 1.78. The van der Waals surface area contributed by atoms with Crippen molar-refractivity contribution in [3.8, 4) is 5.75 Å². The number of hydrogen-bond donors (Lipinski definition) is 2. The summed E-state index contributed by atoms with van der Waals surface area (Å²) in [6, 6.07) is 16.1. The van der Waals surface area contributed by atoms with Gasteiger partial charge >= 0.3 is 0 Å². The summed E-state index contributed by atoms with van der Waals surface area (Å²) in [6.07, 6.45) is 1.98. The maximum absolute atomic E-state index is 12.5. The predicted molar refractivity (Wildman–Crippen MR) is 119 cm³/mol. The van der Waals surface area contributed by atoms with Gasteiger partial charge in [-0.15, -0.1) is 0 Å². The SMILES string of the molecule is COc1ccc(Br)cc1C(=O)NC(=S)NC1CCN(Cc2ccccc2)CC1. The normalized spacial score (nSPS) is 15.1. The van der Waals surface area contributed by atoms with E-state index in [0.717, 1.165) is 36.9 Å². The highest BCUT2D eigenvalue weighted by Gasteiger charge is 2.21. The van der Waals surface area contributed by atoms with E-state index in [9.17, 15) is 4.79 Å². The molecule has 0 spiro atoms. The number of hydrogen-bond acceptors (Lipinski definition) is 4. The predicted octanol–water partition coefficient (Wildman–Crippen LogP) is 3.73. The number of likely N-dealkylation sites (tertiary alicyclic amines) is 1. The van der Waals surface area contributed by atoms with E-state index >= 15 is 0 Å². The number of methoxy groups -OCH3 is 1. The molecule has 0 aliphatic carbocycles. The first-order valence-corrected chi connectivity index (χ1v) is 10.5. The summed E-state index contributed by atoms with van der Waals surface area (Å²) in [7, 11) is 1.54. The Morgan fingerprint density at radius 2 is 1.93 bits per heavy atom. The van der Waals surface area contributed by atoms with Gasteiger partial charge in [-0.25, -0.2) is 0 Å². The Balaban J connectivity index is 1.47. The number of rotatable bonds is 5. The fourth-order valence-electron chi connectivity index (χ4n) is 3.33. The maximum atomic E-state index is 12.5. The van der Waals surface area contributed by atoms with E-state index in [2.05, 4.69) is 55.7 Å². The van der Waals surface area contributed by atoms with Crippen molar-refractivity contribution >= 4 is 39.2 Å². The molecule has 2 aromatic rings. The number of carbonyl (C=O) groups is 1. The molecule has 0 atom stereocenters. The molecule has 0 aromatic heterocycles. The summed E-state index contributed by atoms with van der Waals surface area (Å²) in [6.45, 7) is 2.97. The second-order valence-corrected chi connectivity index (χ2v) is 8.13. The number of thiocarbonyl (C=S) groups is 1. The molecule has 1 aliphatic heterocycles. The third kappa shape index (κ3) is 5.77. The van der Waals surface area contributed by atoms with Gasteiger partial charge in [-0.3, -0.25) is 15.0 Å². The highest BCUT2D eigenvalue weighted by atomic mass is 79.9. The number of nitrogens with zero attached hydrogens (tertiary/aromatic N) is 1. The van der Waals surface area contributed by atoms with Crippen LogP contribution in [-0.4, -0.2) is 42.2 Å². The van der Waals surface area contributed by atoms with E-state index in [-0.39, 0.29) is 11.9 Å². The lowest BCUT2D eigenvalue weighted by molar-refractivity contribution is 0.0973. The van der Waals surface area contributed by atoms with Crippen molar-refractivity contribution in [1.29, 1.82) is 0 Å². The van der Waals surface area contributed by atoms with Crippen molar-refractivity contribution in [2.75, 3.05) is 20.2 Å². The molecule has 2 N–H and O–H groups in total. The molecule has 2 aromatic carbocycles. The van der Waals surface area contributed by atoms with Crippen LogP contribution in [-0.2, 0) is 6.54 Å². The van der Waals surface area contributed by atoms with Crippen molar-refractivity contribution in [2.24, 2.45) is 0 Å². The van der Waals surface area contributed by atoms with E-state index in [0.29, 0.717) is 16.4 Å². The zero-order chi connectivity index (χ0) is 19.9. The van der Waals surface area contributed by atoms with Gasteiger partial charge in [0.25, 0.3) is 5.91 Å². The molecule has 1 amide bonds. The lowest BCUT2D eigenvalue weighted by Crippen LogP contribution is -2.48. The summed E-state index contributed by atoms with van der Waals surface area (Å²) in [5.74, 6) is 0.231. The first-order chi connectivity index (χ1) is 13.5. The van der Waals surface area contributed by atoms with Gasteiger partial charge in [0.15, 0.2) is 5.11 Å². The van der Waals surface area contributed by atoms with Gasteiger partial charge in [-0.1, -0.05) is 46.3 Å². The third-order valence-electron chi connectivity index (χ3n) is 4.81. The number of ether oxygens (including phenoxy) is 1. The lowest BCUT2D eigenvalue weighted by Gasteiger charge is -2.32. The molecule has 1 heterocycles. The van der Waals surface area contributed by atoms with Crippen molar-refractivity contribution in [3.63, 3.8) is 0 Å². The fourth-order valence-corrected chi connectivity index (χ4v) is 3.95. The largest absolute Gasteiger partial charge is 0.496 e. The molecule has 1 fully saturated rings. The Kier molecular flexibility index (Phi) is 7.42. The van der Waals surface area contributed by atoms with Crippen LogP contribution < -0.4 is 15.4 Å². The van der Waals surface area contributed by atoms with Crippen molar-refractivity contribution < 1.29 is 9.53 Å². The van der Waals surface area contributed by atoms with Crippen LogP contribution in [0.3, 0.4) is 0 Å². The molecule has 1 saturated heterocycles. The van der Waals surface area contributed by atoms with E-state index < -0.39 is 0 Å². The zero-order valence-electron chi connectivity index (χ0n) is 15.8. The second kappa shape index (κ2) is 10.0. The minimum Gasteiger partial charge on any atom is -0.496 e. The van der Waals surface area contributed by atoms with Crippen LogP contribution >= 0.6 is 28.1 Å². The molecule has 5 nitrogen and oxygen atoms in total. The van der Waals surface area contributed by atoms with Crippen molar-refractivity contribution in [3.05, 3.63) is 64.1 Å². The Morgan fingerprint density at radius 1 is 1.21 bits per heavy atom. The molecule has 3 rings (SSSR count). The summed E-state index contributed by atoms with van der Waals surface area (Å²) < 4.78 is 6.07. The molecule has 0 unspecified atom stereocenters. The van der Waals surface area contributed by atoms with Crippen LogP contribution in [0.5, 0.6) is 5.75 Å². The number of nitrogens with one attached hydrogen (secondary N) is 2. The highest BCUT2D eigenvalue weighted by molar-refractivity contribution is 9.10. The number of amides is 1. The Morgan fingerprint density at radius 3 is 2.61 bits per heavy atom. The molecular weight excluding hydrogens is 438 g/mol. The first-order valence-electron chi connectivity index (χ1n) is 9.27. The standard InChI is InChI=1S/C21H24BrN3O2S/c1-27-19-8-7-16(22)13-18(19)20(26)24-21(28)23-17-9-11-25(12-10-17)14-15-5-3-2-4-6-15/h2-8,13,17H,9-12,14H2,1H3,(H2,23,24,26,28). The number of piperidine rings is 1. The summed E-state index contributed by atoms with van der Waals surface area (Å²) in [4.78, 5) is 15.0. The molecular formula is C21H24BrN3O2S.